The molecule has 0 spiro atoms. The number of halogens is 5. The highest BCUT2D eigenvalue weighted by Gasteiger charge is 2.63. The molecule has 0 aromatic rings. The van der Waals surface area contributed by atoms with Crippen molar-refractivity contribution in [2.24, 2.45) is 0 Å². The second kappa shape index (κ2) is 8.40. The largest absolute Gasteiger partial charge is 0.464 e. The summed E-state index contributed by atoms with van der Waals surface area (Å²) >= 11 is 1.24. The van der Waals surface area contributed by atoms with Gasteiger partial charge in [0.05, 0.1) is 6.61 Å². The van der Waals surface area contributed by atoms with Crippen LogP contribution in [0.3, 0.4) is 0 Å². The molecule has 0 aromatic carbocycles. The topological polar surface area (TPSA) is 55.4 Å². The highest BCUT2D eigenvalue weighted by Crippen LogP contribution is 2.35. The molecule has 0 aromatic heterocycles. The van der Waals surface area contributed by atoms with Gasteiger partial charge >= 0.3 is 24.0 Å². The van der Waals surface area contributed by atoms with Crippen LogP contribution in [0.25, 0.3) is 0 Å². The summed E-state index contributed by atoms with van der Waals surface area (Å²) < 4.78 is 66.5. The van der Waals surface area contributed by atoms with Gasteiger partial charge < -0.3 is 10.1 Å². The summed E-state index contributed by atoms with van der Waals surface area (Å²) in [5, 5.41) is 1.41. The zero-order valence-electron chi connectivity index (χ0n) is 11.4. The number of hydrogen-bond donors (Lipinski definition) is 1. The number of nitrogens with one attached hydrogen (secondary N) is 1. The van der Waals surface area contributed by atoms with Gasteiger partial charge in [-0.15, -0.1) is 0 Å². The highest BCUT2D eigenvalue weighted by atomic mass is 32.2. The van der Waals surface area contributed by atoms with Crippen LogP contribution < -0.4 is 5.32 Å². The summed E-state index contributed by atoms with van der Waals surface area (Å²) in [4.78, 5) is 22.6. The first-order chi connectivity index (χ1) is 9.57. The van der Waals surface area contributed by atoms with Gasteiger partial charge in [0.1, 0.15) is 6.04 Å². The van der Waals surface area contributed by atoms with E-state index in [1.54, 1.807) is 13.2 Å². The number of carbonyl (C=O) groups is 2. The molecule has 0 aliphatic rings. The van der Waals surface area contributed by atoms with Crippen molar-refractivity contribution in [2.45, 2.75) is 37.9 Å². The van der Waals surface area contributed by atoms with Gasteiger partial charge in [-0.2, -0.15) is 33.7 Å². The SMILES string of the molecule is CCCOC(=O)C(CCSC)NC(=O)C(F)(F)C(F)(F)F. The standard InChI is InChI=1S/C11H16F5NO3S/c1-3-5-20-8(18)7(4-6-21-2)17-9(19)10(12,13)11(14,15)16/h7H,3-6H2,1-2H3,(H,17,19). The maximum atomic E-state index is 12.8. The van der Waals surface area contributed by atoms with Crippen molar-refractivity contribution >= 4 is 23.6 Å². The predicted octanol–water partition coefficient (Wildman–Crippen LogP) is 2.38. The van der Waals surface area contributed by atoms with Crippen LogP contribution in [0.1, 0.15) is 19.8 Å². The molecular formula is C11H16F5NO3S. The fourth-order valence-corrected chi connectivity index (χ4v) is 1.64. The van der Waals surface area contributed by atoms with Gasteiger partial charge in [-0.05, 0) is 24.9 Å². The molecule has 1 N–H and O–H groups in total. The third-order valence-electron chi connectivity index (χ3n) is 2.29. The number of hydrogen-bond acceptors (Lipinski definition) is 4. The maximum Gasteiger partial charge on any atom is 0.463 e. The van der Waals surface area contributed by atoms with E-state index in [9.17, 15) is 31.5 Å². The summed E-state index contributed by atoms with van der Waals surface area (Å²) in [6.07, 6.45) is -4.02. The van der Waals surface area contributed by atoms with Gasteiger partial charge in [0.15, 0.2) is 0 Å². The monoisotopic (exact) mass is 337 g/mol. The number of esters is 1. The van der Waals surface area contributed by atoms with E-state index >= 15 is 0 Å². The van der Waals surface area contributed by atoms with E-state index in [0.717, 1.165) is 0 Å². The molecule has 0 aliphatic carbocycles. The molecule has 0 heterocycles. The Morgan fingerprint density at radius 1 is 1.24 bits per heavy atom. The second-order valence-corrected chi connectivity index (χ2v) is 5.03. The molecule has 0 radical (unpaired) electrons. The molecule has 1 atom stereocenters. The van der Waals surface area contributed by atoms with Crippen molar-refractivity contribution in [1.29, 1.82) is 0 Å². The zero-order valence-corrected chi connectivity index (χ0v) is 12.2. The Bertz CT molecular complexity index is 362. The lowest BCUT2D eigenvalue weighted by Crippen LogP contribution is -2.55. The Hall–Kier alpha value is -1.06. The van der Waals surface area contributed by atoms with Gasteiger partial charge in [-0.1, -0.05) is 6.92 Å². The summed E-state index contributed by atoms with van der Waals surface area (Å²) in [6, 6.07) is -1.54. The lowest BCUT2D eigenvalue weighted by Gasteiger charge is -2.22. The van der Waals surface area contributed by atoms with Crippen LogP contribution in [0.15, 0.2) is 0 Å². The second-order valence-electron chi connectivity index (χ2n) is 4.05. The van der Waals surface area contributed by atoms with E-state index in [0.29, 0.717) is 6.42 Å². The van der Waals surface area contributed by atoms with Crippen LogP contribution >= 0.6 is 11.8 Å². The first-order valence-corrected chi connectivity index (χ1v) is 7.38. The number of amides is 1. The number of ether oxygens (including phenoxy) is 1. The lowest BCUT2D eigenvalue weighted by molar-refractivity contribution is -0.270. The average Bonchev–Trinajstić information content (AvgIpc) is 2.38. The molecule has 0 fully saturated rings. The van der Waals surface area contributed by atoms with Crippen molar-refractivity contribution in [3.63, 3.8) is 0 Å². The molecule has 1 amide bonds. The number of carbonyl (C=O) groups excluding carboxylic acids is 2. The molecule has 0 aliphatic heterocycles. The van der Waals surface area contributed by atoms with E-state index in [-0.39, 0.29) is 18.8 Å². The van der Waals surface area contributed by atoms with Crippen LogP contribution in [0, 0.1) is 0 Å². The maximum absolute atomic E-state index is 12.8. The summed E-state index contributed by atoms with van der Waals surface area (Å²) in [6.45, 7) is 1.67. The van der Waals surface area contributed by atoms with Crippen LogP contribution in [0.2, 0.25) is 0 Å². The minimum atomic E-state index is -6.02. The van der Waals surface area contributed by atoms with E-state index in [2.05, 4.69) is 4.74 Å². The van der Waals surface area contributed by atoms with Crippen LogP contribution in [0.4, 0.5) is 22.0 Å². The first kappa shape index (κ1) is 19.9. The third kappa shape index (κ3) is 6.06. The minimum Gasteiger partial charge on any atom is -0.464 e. The molecule has 10 heteroatoms. The Labute approximate surface area is 122 Å². The Morgan fingerprint density at radius 3 is 2.24 bits per heavy atom. The van der Waals surface area contributed by atoms with Crippen LogP contribution in [-0.2, 0) is 14.3 Å². The molecular weight excluding hydrogens is 321 g/mol. The van der Waals surface area contributed by atoms with Crippen molar-refractivity contribution in [3.05, 3.63) is 0 Å². The van der Waals surface area contributed by atoms with Crippen molar-refractivity contribution in [1.82, 2.24) is 5.32 Å². The summed E-state index contributed by atoms with van der Waals surface area (Å²) in [7, 11) is 0. The lowest BCUT2D eigenvalue weighted by atomic mass is 10.2. The molecule has 1 unspecified atom stereocenters. The Kier molecular flexibility index (Phi) is 7.98. The molecule has 0 saturated carbocycles. The molecule has 21 heavy (non-hydrogen) atoms. The van der Waals surface area contributed by atoms with Crippen LogP contribution in [0.5, 0.6) is 0 Å². The van der Waals surface area contributed by atoms with E-state index in [1.165, 1.54) is 17.1 Å². The average molecular weight is 337 g/mol. The number of alkyl halides is 5. The van der Waals surface area contributed by atoms with Crippen molar-refractivity contribution in [3.8, 4) is 0 Å². The van der Waals surface area contributed by atoms with Gasteiger partial charge in [0.2, 0.25) is 0 Å². The van der Waals surface area contributed by atoms with Gasteiger partial charge in [0.25, 0.3) is 0 Å². The van der Waals surface area contributed by atoms with Gasteiger partial charge in [0, 0.05) is 0 Å². The predicted molar refractivity (Wildman–Crippen MR) is 67.2 cm³/mol. The summed E-state index contributed by atoms with van der Waals surface area (Å²) in [5.74, 6) is -8.87. The smallest absolute Gasteiger partial charge is 0.463 e. The fourth-order valence-electron chi connectivity index (χ4n) is 1.17. The molecule has 0 bridgehead atoms. The van der Waals surface area contributed by atoms with Gasteiger partial charge in [-0.3, -0.25) is 4.79 Å². The zero-order chi connectivity index (χ0) is 16.7. The number of thioether (sulfide) groups is 1. The number of rotatable bonds is 8. The summed E-state index contributed by atoms with van der Waals surface area (Å²) in [5.41, 5.74) is 0. The Morgan fingerprint density at radius 2 is 1.81 bits per heavy atom. The van der Waals surface area contributed by atoms with Crippen LogP contribution in [-0.4, -0.2) is 48.6 Å². The molecule has 4 nitrogen and oxygen atoms in total. The van der Waals surface area contributed by atoms with Crippen molar-refractivity contribution in [2.75, 3.05) is 18.6 Å². The quantitative estimate of drug-likeness (QED) is 0.546. The molecule has 0 rings (SSSR count). The Balaban J connectivity index is 4.88. The fraction of sp³-hybridized carbons (Fsp3) is 0.818. The van der Waals surface area contributed by atoms with E-state index in [1.807, 2.05) is 0 Å². The van der Waals surface area contributed by atoms with E-state index in [4.69, 9.17) is 0 Å². The molecule has 124 valence electrons. The van der Waals surface area contributed by atoms with Crippen molar-refractivity contribution < 1.29 is 36.3 Å². The highest BCUT2D eigenvalue weighted by molar-refractivity contribution is 7.98. The first-order valence-electron chi connectivity index (χ1n) is 5.99. The minimum absolute atomic E-state index is 0.0138. The van der Waals surface area contributed by atoms with E-state index < -0.39 is 30.0 Å². The third-order valence-corrected chi connectivity index (χ3v) is 2.93. The normalized spacial score (nSPS) is 13.7. The molecule has 0 saturated heterocycles. The van der Waals surface area contributed by atoms with Gasteiger partial charge in [-0.25, -0.2) is 4.79 Å².